The summed E-state index contributed by atoms with van der Waals surface area (Å²) in [5, 5.41) is 2.96. The van der Waals surface area contributed by atoms with Crippen LogP contribution in [0.2, 0.25) is 0 Å². The summed E-state index contributed by atoms with van der Waals surface area (Å²) in [5.74, 6) is 0.233. The molecular formula is C17H34ClN3O3. The number of hydrogen-bond acceptors (Lipinski definition) is 4. The number of rotatable bonds is 8. The third kappa shape index (κ3) is 7.81. The standard InChI is InChI=1S/C17H33N3O3.ClH/c1-12(2)15(18)17(22)20-9-6-14(7-10-20)16(21)19-8-5-11-23-13(3)4;/h12-15H,5-11,18H2,1-4H3,(H,19,21);1H/t15-;/m0./s1. The second-order valence-corrected chi connectivity index (χ2v) is 6.93. The van der Waals surface area contributed by atoms with Gasteiger partial charge in [0, 0.05) is 32.2 Å². The number of nitrogens with one attached hydrogen (secondary N) is 1. The Morgan fingerprint density at radius 2 is 1.79 bits per heavy atom. The molecular weight excluding hydrogens is 330 g/mol. The number of piperidine rings is 1. The topological polar surface area (TPSA) is 84.7 Å². The van der Waals surface area contributed by atoms with Crippen molar-refractivity contribution in [3.05, 3.63) is 0 Å². The largest absolute Gasteiger partial charge is 0.379 e. The lowest BCUT2D eigenvalue weighted by Crippen LogP contribution is -2.50. The maximum absolute atomic E-state index is 12.2. The van der Waals surface area contributed by atoms with Gasteiger partial charge in [0.1, 0.15) is 0 Å². The van der Waals surface area contributed by atoms with Gasteiger partial charge >= 0.3 is 0 Å². The molecule has 1 saturated heterocycles. The summed E-state index contributed by atoms with van der Waals surface area (Å²) in [4.78, 5) is 26.1. The molecule has 0 aromatic rings. The van der Waals surface area contributed by atoms with Crippen LogP contribution in [-0.4, -0.2) is 55.1 Å². The predicted molar refractivity (Wildman–Crippen MR) is 98.1 cm³/mol. The first-order valence-corrected chi connectivity index (χ1v) is 8.76. The first-order valence-electron chi connectivity index (χ1n) is 8.76. The average Bonchev–Trinajstić information content (AvgIpc) is 2.52. The molecule has 1 rings (SSSR count). The molecule has 2 amide bonds. The van der Waals surface area contributed by atoms with Crippen LogP contribution in [0.5, 0.6) is 0 Å². The minimum atomic E-state index is -0.443. The molecule has 1 fully saturated rings. The van der Waals surface area contributed by atoms with Crippen LogP contribution < -0.4 is 11.1 Å². The van der Waals surface area contributed by atoms with Crippen molar-refractivity contribution in [1.82, 2.24) is 10.2 Å². The molecule has 7 heteroatoms. The minimum Gasteiger partial charge on any atom is -0.379 e. The highest BCUT2D eigenvalue weighted by molar-refractivity contribution is 5.85. The van der Waals surface area contributed by atoms with E-state index in [9.17, 15) is 9.59 Å². The molecule has 24 heavy (non-hydrogen) atoms. The van der Waals surface area contributed by atoms with E-state index in [-0.39, 0.29) is 42.2 Å². The van der Waals surface area contributed by atoms with Crippen molar-refractivity contribution in [2.45, 2.75) is 59.1 Å². The van der Waals surface area contributed by atoms with Gasteiger partial charge in [0.05, 0.1) is 12.1 Å². The van der Waals surface area contributed by atoms with Crippen LogP contribution in [0.15, 0.2) is 0 Å². The van der Waals surface area contributed by atoms with Crippen LogP contribution in [0.4, 0.5) is 0 Å². The molecule has 1 heterocycles. The Labute approximate surface area is 152 Å². The van der Waals surface area contributed by atoms with Crippen molar-refractivity contribution in [2.75, 3.05) is 26.2 Å². The van der Waals surface area contributed by atoms with Crippen molar-refractivity contribution in [3.63, 3.8) is 0 Å². The first kappa shape index (κ1) is 23.1. The van der Waals surface area contributed by atoms with E-state index in [0.29, 0.717) is 39.1 Å². The Hall–Kier alpha value is -0.850. The van der Waals surface area contributed by atoms with Gasteiger partial charge in [0.15, 0.2) is 0 Å². The normalized spacial score (nSPS) is 16.9. The first-order chi connectivity index (χ1) is 10.8. The number of halogens is 1. The molecule has 0 spiro atoms. The Bertz CT molecular complexity index is 383. The second-order valence-electron chi connectivity index (χ2n) is 6.93. The molecule has 0 bridgehead atoms. The summed E-state index contributed by atoms with van der Waals surface area (Å²) in [6, 6.07) is -0.443. The van der Waals surface area contributed by atoms with Crippen molar-refractivity contribution >= 4 is 24.2 Å². The maximum Gasteiger partial charge on any atom is 0.239 e. The highest BCUT2D eigenvalue weighted by Gasteiger charge is 2.30. The van der Waals surface area contributed by atoms with E-state index in [2.05, 4.69) is 5.32 Å². The monoisotopic (exact) mass is 363 g/mol. The highest BCUT2D eigenvalue weighted by atomic mass is 35.5. The number of nitrogens with two attached hydrogens (primary N) is 1. The molecule has 0 saturated carbocycles. The summed E-state index contributed by atoms with van der Waals surface area (Å²) < 4.78 is 5.44. The third-order valence-electron chi connectivity index (χ3n) is 4.25. The van der Waals surface area contributed by atoms with Gasteiger partial charge in [-0.1, -0.05) is 13.8 Å². The van der Waals surface area contributed by atoms with Crippen LogP contribution in [0, 0.1) is 11.8 Å². The van der Waals surface area contributed by atoms with Gasteiger partial charge in [-0.05, 0) is 39.0 Å². The van der Waals surface area contributed by atoms with Gasteiger partial charge in [-0.3, -0.25) is 9.59 Å². The van der Waals surface area contributed by atoms with Gasteiger partial charge in [-0.2, -0.15) is 0 Å². The van der Waals surface area contributed by atoms with Gasteiger partial charge in [0.2, 0.25) is 11.8 Å². The molecule has 1 aliphatic heterocycles. The lowest BCUT2D eigenvalue weighted by molar-refractivity contribution is -0.137. The van der Waals surface area contributed by atoms with Crippen molar-refractivity contribution in [2.24, 2.45) is 17.6 Å². The highest BCUT2D eigenvalue weighted by Crippen LogP contribution is 2.18. The van der Waals surface area contributed by atoms with E-state index in [1.54, 1.807) is 4.90 Å². The van der Waals surface area contributed by atoms with Crippen molar-refractivity contribution in [3.8, 4) is 0 Å². The van der Waals surface area contributed by atoms with Gasteiger partial charge < -0.3 is 20.7 Å². The lowest BCUT2D eigenvalue weighted by Gasteiger charge is -2.33. The van der Waals surface area contributed by atoms with Gasteiger partial charge in [-0.25, -0.2) is 0 Å². The van der Waals surface area contributed by atoms with Crippen LogP contribution in [0.25, 0.3) is 0 Å². The number of amides is 2. The summed E-state index contributed by atoms with van der Waals surface area (Å²) in [7, 11) is 0. The minimum absolute atomic E-state index is 0. The quantitative estimate of drug-likeness (QED) is 0.641. The predicted octanol–water partition coefficient (Wildman–Crippen LogP) is 1.56. The van der Waals surface area contributed by atoms with E-state index in [1.807, 2.05) is 27.7 Å². The fourth-order valence-electron chi connectivity index (χ4n) is 2.61. The summed E-state index contributed by atoms with van der Waals surface area (Å²) >= 11 is 0. The maximum atomic E-state index is 12.2. The summed E-state index contributed by atoms with van der Waals surface area (Å²) in [6.07, 6.45) is 2.48. The lowest BCUT2D eigenvalue weighted by atomic mass is 9.94. The molecule has 1 aliphatic rings. The zero-order valence-corrected chi connectivity index (χ0v) is 16.2. The number of likely N-dealkylation sites (tertiary alicyclic amines) is 1. The Morgan fingerprint density at radius 1 is 1.21 bits per heavy atom. The fourth-order valence-corrected chi connectivity index (χ4v) is 2.61. The average molecular weight is 364 g/mol. The summed E-state index contributed by atoms with van der Waals surface area (Å²) in [5.41, 5.74) is 5.92. The van der Waals surface area contributed by atoms with E-state index in [4.69, 9.17) is 10.5 Å². The molecule has 142 valence electrons. The van der Waals surface area contributed by atoms with E-state index in [0.717, 1.165) is 6.42 Å². The van der Waals surface area contributed by atoms with Crippen LogP contribution in [0.3, 0.4) is 0 Å². The molecule has 6 nitrogen and oxygen atoms in total. The van der Waals surface area contributed by atoms with E-state index >= 15 is 0 Å². The second kappa shape index (κ2) is 11.7. The number of nitrogens with zero attached hydrogens (tertiary/aromatic N) is 1. The SMILES string of the molecule is CC(C)OCCCNC(=O)C1CCN(C(=O)[C@@H](N)C(C)C)CC1.Cl. The van der Waals surface area contributed by atoms with Crippen molar-refractivity contribution < 1.29 is 14.3 Å². The molecule has 1 atom stereocenters. The zero-order valence-electron chi connectivity index (χ0n) is 15.4. The third-order valence-corrected chi connectivity index (χ3v) is 4.25. The van der Waals surface area contributed by atoms with E-state index < -0.39 is 6.04 Å². The number of ether oxygens (including phenoxy) is 1. The van der Waals surface area contributed by atoms with Crippen LogP contribution in [0.1, 0.15) is 47.0 Å². The van der Waals surface area contributed by atoms with Crippen molar-refractivity contribution in [1.29, 1.82) is 0 Å². The molecule has 0 aliphatic carbocycles. The van der Waals surface area contributed by atoms with Gasteiger partial charge in [0.25, 0.3) is 0 Å². The molecule has 3 N–H and O–H groups in total. The zero-order chi connectivity index (χ0) is 17.4. The molecule has 0 aromatic heterocycles. The summed E-state index contributed by atoms with van der Waals surface area (Å²) in [6.45, 7) is 10.4. The van der Waals surface area contributed by atoms with Crippen LogP contribution >= 0.6 is 12.4 Å². The molecule has 0 aromatic carbocycles. The molecule has 0 radical (unpaired) electrons. The fraction of sp³-hybridized carbons (Fsp3) is 0.882. The van der Waals surface area contributed by atoms with E-state index in [1.165, 1.54) is 0 Å². The Morgan fingerprint density at radius 3 is 2.29 bits per heavy atom. The number of hydrogen-bond donors (Lipinski definition) is 2. The number of carbonyl (C=O) groups is 2. The molecule has 0 unspecified atom stereocenters. The Balaban J connectivity index is 0.00000529. The Kier molecular flexibility index (Phi) is 11.2. The van der Waals surface area contributed by atoms with Gasteiger partial charge in [-0.15, -0.1) is 12.4 Å². The van der Waals surface area contributed by atoms with Crippen LogP contribution in [-0.2, 0) is 14.3 Å². The number of carbonyl (C=O) groups excluding carboxylic acids is 2. The smallest absolute Gasteiger partial charge is 0.239 e.